The number of fused-ring (bicyclic) bond motifs is 1. The highest BCUT2D eigenvalue weighted by molar-refractivity contribution is 5.85. The maximum Gasteiger partial charge on any atom is 0.237 e. The van der Waals surface area contributed by atoms with Gasteiger partial charge in [0, 0.05) is 31.9 Å². The molecule has 1 aromatic heterocycles. The highest BCUT2D eigenvalue weighted by Gasteiger charge is 2.37. The molecule has 3 unspecified atom stereocenters. The zero-order valence-corrected chi connectivity index (χ0v) is 17.4. The summed E-state index contributed by atoms with van der Waals surface area (Å²) in [5.41, 5.74) is 1.05. The van der Waals surface area contributed by atoms with Gasteiger partial charge in [0.05, 0.1) is 6.04 Å². The zero-order chi connectivity index (χ0) is 16.9. The molecule has 0 bridgehead atoms. The van der Waals surface area contributed by atoms with Crippen molar-refractivity contribution in [3.05, 3.63) is 23.9 Å². The molecule has 3 atom stereocenters. The lowest BCUT2D eigenvalue weighted by molar-refractivity contribution is -0.123. The van der Waals surface area contributed by atoms with E-state index in [0.717, 1.165) is 30.9 Å². The van der Waals surface area contributed by atoms with E-state index in [1.807, 2.05) is 12.3 Å². The minimum Gasteiger partial charge on any atom is -0.357 e. The SMILES string of the molecule is CCN(CC)c1ccc(CNC(=O)C2CC3CCCCC3N2)cn1.Cl.Cl. The molecule has 148 valence electrons. The molecule has 1 saturated heterocycles. The summed E-state index contributed by atoms with van der Waals surface area (Å²) in [4.78, 5) is 19.2. The van der Waals surface area contributed by atoms with E-state index in [2.05, 4.69) is 40.4 Å². The van der Waals surface area contributed by atoms with Crippen LogP contribution in [0.2, 0.25) is 0 Å². The number of nitrogens with one attached hydrogen (secondary N) is 2. The maximum absolute atomic E-state index is 12.4. The number of anilines is 1. The fraction of sp³-hybridized carbons (Fsp3) is 0.684. The number of hydrogen-bond donors (Lipinski definition) is 2. The quantitative estimate of drug-likeness (QED) is 0.765. The third-order valence-electron chi connectivity index (χ3n) is 5.54. The second-order valence-corrected chi connectivity index (χ2v) is 7.02. The predicted octanol–water partition coefficient (Wildman–Crippen LogP) is 3.31. The van der Waals surface area contributed by atoms with Gasteiger partial charge in [0.1, 0.15) is 5.82 Å². The molecule has 1 aromatic rings. The number of hydrogen-bond acceptors (Lipinski definition) is 4. The monoisotopic (exact) mass is 402 g/mol. The lowest BCUT2D eigenvalue weighted by Crippen LogP contribution is -2.42. The molecule has 1 amide bonds. The normalized spacial score (nSPS) is 24.0. The number of pyridine rings is 1. The second-order valence-electron chi connectivity index (χ2n) is 7.02. The van der Waals surface area contributed by atoms with Gasteiger partial charge in [-0.15, -0.1) is 24.8 Å². The van der Waals surface area contributed by atoms with Crippen molar-refractivity contribution in [2.75, 3.05) is 18.0 Å². The molecular formula is C19H32Cl2N4O. The number of amides is 1. The summed E-state index contributed by atoms with van der Waals surface area (Å²) in [6, 6.07) is 4.64. The average Bonchev–Trinajstić information content (AvgIpc) is 3.06. The Bertz CT molecular complexity index is 537. The Balaban J connectivity index is 0.00000169. The molecule has 2 aliphatic rings. The van der Waals surface area contributed by atoms with Gasteiger partial charge in [-0.05, 0) is 50.7 Å². The van der Waals surface area contributed by atoms with Crippen LogP contribution in [0, 0.1) is 5.92 Å². The summed E-state index contributed by atoms with van der Waals surface area (Å²) in [6.45, 7) is 6.72. The van der Waals surface area contributed by atoms with Crippen LogP contribution in [0.3, 0.4) is 0 Å². The Kier molecular flexibility index (Phi) is 9.69. The standard InChI is InChI=1S/C19H30N4O.2ClH/c1-3-23(4-2)18-10-9-14(12-20-18)13-21-19(24)17-11-15-7-5-6-8-16(15)22-17;;/h9-10,12,15-17,22H,3-8,11,13H2,1-2H3,(H,21,24);2*1H. The molecular weight excluding hydrogens is 371 g/mol. The molecule has 2 N–H and O–H groups in total. The molecule has 0 radical (unpaired) electrons. The molecule has 26 heavy (non-hydrogen) atoms. The van der Waals surface area contributed by atoms with Gasteiger partial charge in [-0.25, -0.2) is 4.98 Å². The molecule has 0 spiro atoms. The van der Waals surface area contributed by atoms with E-state index in [4.69, 9.17) is 0 Å². The van der Waals surface area contributed by atoms with E-state index in [9.17, 15) is 4.79 Å². The third kappa shape index (κ3) is 5.48. The van der Waals surface area contributed by atoms with Gasteiger partial charge in [0.2, 0.25) is 5.91 Å². The van der Waals surface area contributed by atoms with Crippen molar-refractivity contribution in [1.82, 2.24) is 15.6 Å². The largest absolute Gasteiger partial charge is 0.357 e. The van der Waals surface area contributed by atoms with Crippen LogP contribution < -0.4 is 15.5 Å². The lowest BCUT2D eigenvalue weighted by Gasteiger charge is -2.24. The Morgan fingerprint density at radius 2 is 1.96 bits per heavy atom. The molecule has 3 rings (SSSR count). The van der Waals surface area contributed by atoms with Crippen molar-refractivity contribution >= 4 is 36.5 Å². The Morgan fingerprint density at radius 3 is 2.58 bits per heavy atom. The van der Waals surface area contributed by atoms with Crippen molar-refractivity contribution in [1.29, 1.82) is 0 Å². The summed E-state index contributed by atoms with van der Waals surface area (Å²) in [7, 11) is 0. The Hall–Kier alpha value is -1.04. The first kappa shape index (κ1) is 23.0. The minimum absolute atomic E-state index is 0. The smallest absolute Gasteiger partial charge is 0.237 e. The van der Waals surface area contributed by atoms with Crippen LogP contribution in [0.5, 0.6) is 0 Å². The molecule has 0 aromatic carbocycles. The number of carbonyl (C=O) groups excluding carboxylic acids is 1. The summed E-state index contributed by atoms with van der Waals surface area (Å²) in [6.07, 6.45) is 7.99. The van der Waals surface area contributed by atoms with Gasteiger partial charge < -0.3 is 15.5 Å². The first-order valence-electron chi connectivity index (χ1n) is 9.45. The average molecular weight is 403 g/mol. The number of nitrogens with zero attached hydrogens (tertiary/aromatic N) is 2. The van der Waals surface area contributed by atoms with Crippen molar-refractivity contribution in [3.63, 3.8) is 0 Å². The van der Waals surface area contributed by atoms with Crippen LogP contribution >= 0.6 is 24.8 Å². The first-order chi connectivity index (χ1) is 11.7. The van der Waals surface area contributed by atoms with E-state index in [0.29, 0.717) is 18.5 Å². The summed E-state index contributed by atoms with van der Waals surface area (Å²) in [5.74, 6) is 1.83. The van der Waals surface area contributed by atoms with E-state index in [1.165, 1.54) is 25.7 Å². The van der Waals surface area contributed by atoms with Crippen molar-refractivity contribution in [2.45, 2.75) is 64.6 Å². The molecule has 7 heteroatoms. The van der Waals surface area contributed by atoms with Crippen LogP contribution in [0.4, 0.5) is 5.82 Å². The van der Waals surface area contributed by atoms with Crippen LogP contribution in [0.1, 0.15) is 51.5 Å². The van der Waals surface area contributed by atoms with Gasteiger partial charge in [-0.1, -0.05) is 18.9 Å². The number of halogens is 2. The zero-order valence-electron chi connectivity index (χ0n) is 15.7. The van der Waals surface area contributed by atoms with E-state index in [1.54, 1.807) is 0 Å². The number of rotatable bonds is 6. The van der Waals surface area contributed by atoms with Crippen molar-refractivity contribution < 1.29 is 4.79 Å². The number of aromatic nitrogens is 1. The van der Waals surface area contributed by atoms with E-state index in [-0.39, 0.29) is 36.8 Å². The van der Waals surface area contributed by atoms with E-state index < -0.39 is 0 Å². The summed E-state index contributed by atoms with van der Waals surface area (Å²) in [5, 5.41) is 6.61. The van der Waals surface area contributed by atoms with Gasteiger partial charge in [0.15, 0.2) is 0 Å². The van der Waals surface area contributed by atoms with Gasteiger partial charge in [-0.2, -0.15) is 0 Å². The van der Waals surface area contributed by atoms with Gasteiger partial charge >= 0.3 is 0 Å². The molecule has 1 aliphatic carbocycles. The van der Waals surface area contributed by atoms with E-state index >= 15 is 0 Å². The second kappa shape index (κ2) is 11.0. The number of carbonyl (C=O) groups is 1. The highest BCUT2D eigenvalue weighted by atomic mass is 35.5. The van der Waals surface area contributed by atoms with Gasteiger partial charge in [-0.3, -0.25) is 4.79 Å². The molecule has 1 aliphatic heterocycles. The fourth-order valence-electron chi connectivity index (χ4n) is 4.09. The highest BCUT2D eigenvalue weighted by Crippen LogP contribution is 2.33. The molecule has 2 fully saturated rings. The summed E-state index contributed by atoms with van der Waals surface area (Å²) < 4.78 is 0. The molecule has 1 saturated carbocycles. The Labute approximate surface area is 169 Å². The minimum atomic E-state index is -0.0130. The van der Waals surface area contributed by atoms with Crippen LogP contribution in [0.25, 0.3) is 0 Å². The fourth-order valence-corrected chi connectivity index (χ4v) is 4.09. The van der Waals surface area contributed by atoms with Crippen molar-refractivity contribution in [2.24, 2.45) is 5.92 Å². The first-order valence-corrected chi connectivity index (χ1v) is 9.45. The third-order valence-corrected chi connectivity index (χ3v) is 5.54. The molecule has 2 heterocycles. The predicted molar refractivity (Wildman–Crippen MR) is 111 cm³/mol. The topological polar surface area (TPSA) is 57.3 Å². The molecule has 5 nitrogen and oxygen atoms in total. The van der Waals surface area contributed by atoms with Crippen molar-refractivity contribution in [3.8, 4) is 0 Å². The lowest BCUT2D eigenvalue weighted by atomic mass is 9.85. The maximum atomic E-state index is 12.4. The van der Waals surface area contributed by atoms with Gasteiger partial charge in [0.25, 0.3) is 0 Å². The summed E-state index contributed by atoms with van der Waals surface area (Å²) >= 11 is 0. The van der Waals surface area contributed by atoms with Crippen LogP contribution in [-0.4, -0.2) is 36.1 Å². The van der Waals surface area contributed by atoms with Crippen LogP contribution in [-0.2, 0) is 11.3 Å². The van der Waals surface area contributed by atoms with Crippen LogP contribution in [0.15, 0.2) is 18.3 Å². The Morgan fingerprint density at radius 1 is 1.23 bits per heavy atom.